The minimum Gasteiger partial charge on any atom is -0.372 e. The molecule has 0 aliphatic heterocycles. The molecule has 0 bridgehead atoms. The number of anilines is 1. The van der Waals surface area contributed by atoms with E-state index in [1.54, 1.807) is 11.8 Å². The lowest BCUT2D eigenvalue weighted by Gasteiger charge is -2.23. The van der Waals surface area contributed by atoms with Gasteiger partial charge in [0.2, 0.25) is 0 Å². The Labute approximate surface area is 193 Å². The highest BCUT2D eigenvalue weighted by Gasteiger charge is 2.12. The summed E-state index contributed by atoms with van der Waals surface area (Å²) in [4.78, 5) is 20.8. The average molecular weight is 445 g/mol. The number of nitrogens with zero attached hydrogens (tertiary/aromatic N) is 3. The SMILES string of the molecule is CCN(CCCNC(=O)c1ccccc1SCc1cn2ccccc2n1)c1ccccc1. The minimum atomic E-state index is -0.0224. The molecule has 4 aromatic rings. The van der Waals surface area contributed by atoms with Gasteiger partial charge in [0, 0.05) is 48.4 Å². The molecule has 1 amide bonds. The third-order valence-electron chi connectivity index (χ3n) is 5.31. The molecule has 1 N–H and O–H groups in total. The van der Waals surface area contributed by atoms with Crippen molar-refractivity contribution in [2.45, 2.75) is 24.0 Å². The van der Waals surface area contributed by atoms with Crippen LogP contribution in [-0.2, 0) is 5.75 Å². The lowest BCUT2D eigenvalue weighted by molar-refractivity contribution is 0.0950. The second-order valence-electron chi connectivity index (χ2n) is 7.51. The van der Waals surface area contributed by atoms with Crippen molar-refractivity contribution in [1.29, 1.82) is 0 Å². The molecule has 0 aliphatic carbocycles. The van der Waals surface area contributed by atoms with Crippen molar-refractivity contribution in [2.75, 3.05) is 24.5 Å². The summed E-state index contributed by atoms with van der Waals surface area (Å²) in [6.45, 7) is 4.65. The van der Waals surface area contributed by atoms with Crippen LogP contribution >= 0.6 is 11.8 Å². The zero-order chi connectivity index (χ0) is 22.2. The van der Waals surface area contributed by atoms with Gasteiger partial charge >= 0.3 is 0 Å². The Morgan fingerprint density at radius 2 is 1.81 bits per heavy atom. The van der Waals surface area contributed by atoms with E-state index in [1.807, 2.05) is 65.3 Å². The first kappa shape index (κ1) is 22.0. The number of benzene rings is 2. The van der Waals surface area contributed by atoms with E-state index in [2.05, 4.69) is 46.4 Å². The zero-order valence-corrected chi connectivity index (χ0v) is 19.1. The Hall–Kier alpha value is -3.25. The van der Waals surface area contributed by atoms with Crippen molar-refractivity contribution < 1.29 is 4.79 Å². The number of carbonyl (C=O) groups is 1. The largest absolute Gasteiger partial charge is 0.372 e. The molecular weight excluding hydrogens is 416 g/mol. The highest BCUT2D eigenvalue weighted by molar-refractivity contribution is 7.98. The number of amides is 1. The third kappa shape index (κ3) is 5.51. The molecule has 4 rings (SSSR count). The highest BCUT2D eigenvalue weighted by Crippen LogP contribution is 2.26. The number of fused-ring (bicyclic) bond motifs is 1. The minimum absolute atomic E-state index is 0.0224. The van der Waals surface area contributed by atoms with Gasteiger partial charge in [0.05, 0.1) is 11.3 Å². The fourth-order valence-corrected chi connectivity index (χ4v) is 4.60. The number of imidazole rings is 1. The molecule has 32 heavy (non-hydrogen) atoms. The third-order valence-corrected chi connectivity index (χ3v) is 6.42. The van der Waals surface area contributed by atoms with Gasteiger partial charge in [-0.1, -0.05) is 36.4 Å². The van der Waals surface area contributed by atoms with Crippen molar-refractivity contribution in [3.8, 4) is 0 Å². The van der Waals surface area contributed by atoms with Gasteiger partial charge in [0.15, 0.2) is 0 Å². The molecule has 0 saturated carbocycles. The normalized spacial score (nSPS) is 10.9. The molecule has 2 aromatic carbocycles. The molecule has 0 spiro atoms. The standard InChI is InChI=1S/C26H28N4OS/c1-2-29(22-11-4-3-5-12-22)18-10-16-27-26(31)23-13-6-7-14-24(23)32-20-21-19-30-17-9-8-15-25(30)28-21/h3-9,11-15,17,19H,2,10,16,18,20H2,1H3,(H,27,31). The van der Waals surface area contributed by atoms with Crippen LogP contribution in [0.4, 0.5) is 5.69 Å². The van der Waals surface area contributed by atoms with Gasteiger partial charge in [-0.05, 0) is 49.7 Å². The lowest BCUT2D eigenvalue weighted by Crippen LogP contribution is -2.30. The molecule has 0 fully saturated rings. The highest BCUT2D eigenvalue weighted by atomic mass is 32.2. The predicted octanol–water partition coefficient (Wildman–Crippen LogP) is 5.27. The number of aromatic nitrogens is 2. The number of hydrogen-bond acceptors (Lipinski definition) is 4. The molecule has 5 nitrogen and oxygen atoms in total. The summed E-state index contributed by atoms with van der Waals surface area (Å²) in [5.41, 5.74) is 3.87. The number of hydrogen-bond donors (Lipinski definition) is 1. The van der Waals surface area contributed by atoms with Crippen LogP contribution in [0, 0.1) is 0 Å². The van der Waals surface area contributed by atoms with E-state index in [1.165, 1.54) is 5.69 Å². The molecule has 0 saturated heterocycles. The average Bonchev–Trinajstić information content (AvgIpc) is 3.26. The number of carbonyl (C=O) groups excluding carboxylic acids is 1. The quantitative estimate of drug-likeness (QED) is 0.267. The molecule has 164 valence electrons. The van der Waals surface area contributed by atoms with E-state index in [9.17, 15) is 4.79 Å². The Balaban J connectivity index is 1.31. The van der Waals surface area contributed by atoms with Gasteiger partial charge in [-0.2, -0.15) is 0 Å². The van der Waals surface area contributed by atoms with Crippen molar-refractivity contribution in [1.82, 2.24) is 14.7 Å². The van der Waals surface area contributed by atoms with Gasteiger partial charge < -0.3 is 14.6 Å². The lowest BCUT2D eigenvalue weighted by atomic mass is 10.2. The fourth-order valence-electron chi connectivity index (χ4n) is 3.66. The van der Waals surface area contributed by atoms with E-state index in [4.69, 9.17) is 0 Å². The van der Waals surface area contributed by atoms with E-state index >= 15 is 0 Å². The second-order valence-corrected chi connectivity index (χ2v) is 8.53. The van der Waals surface area contributed by atoms with Crippen LogP contribution in [0.2, 0.25) is 0 Å². The summed E-state index contributed by atoms with van der Waals surface area (Å²) in [5.74, 6) is 0.694. The predicted molar refractivity (Wildman–Crippen MR) is 132 cm³/mol. The van der Waals surface area contributed by atoms with Crippen LogP contribution in [-0.4, -0.2) is 34.9 Å². The number of nitrogens with one attached hydrogen (secondary N) is 1. The molecule has 6 heteroatoms. The van der Waals surface area contributed by atoms with Gasteiger partial charge in [-0.3, -0.25) is 4.79 Å². The van der Waals surface area contributed by atoms with Crippen molar-refractivity contribution in [3.05, 3.63) is 96.4 Å². The summed E-state index contributed by atoms with van der Waals surface area (Å²) >= 11 is 1.64. The Morgan fingerprint density at radius 1 is 1.03 bits per heavy atom. The Morgan fingerprint density at radius 3 is 2.62 bits per heavy atom. The van der Waals surface area contributed by atoms with E-state index in [-0.39, 0.29) is 5.91 Å². The van der Waals surface area contributed by atoms with Gasteiger partial charge in [0.1, 0.15) is 5.65 Å². The van der Waals surface area contributed by atoms with Gasteiger partial charge in [-0.15, -0.1) is 11.8 Å². The maximum atomic E-state index is 12.8. The smallest absolute Gasteiger partial charge is 0.252 e. The van der Waals surface area contributed by atoms with Crippen molar-refractivity contribution in [3.63, 3.8) is 0 Å². The first-order valence-corrected chi connectivity index (χ1v) is 12.0. The number of rotatable bonds is 10. The first-order valence-electron chi connectivity index (χ1n) is 11.0. The number of para-hydroxylation sites is 1. The van der Waals surface area contributed by atoms with Crippen LogP contribution in [0.15, 0.2) is 90.1 Å². The summed E-state index contributed by atoms with van der Waals surface area (Å²) < 4.78 is 2.02. The molecule has 2 heterocycles. The Kier molecular flexibility index (Phi) is 7.46. The monoisotopic (exact) mass is 444 g/mol. The fraction of sp³-hybridized carbons (Fsp3) is 0.231. The van der Waals surface area contributed by atoms with E-state index in [0.717, 1.165) is 41.3 Å². The summed E-state index contributed by atoms with van der Waals surface area (Å²) in [5, 5.41) is 3.09. The molecule has 0 aliphatic rings. The zero-order valence-electron chi connectivity index (χ0n) is 18.3. The number of pyridine rings is 1. The van der Waals surface area contributed by atoms with Crippen molar-refractivity contribution in [2.24, 2.45) is 0 Å². The molecule has 0 unspecified atom stereocenters. The van der Waals surface area contributed by atoms with Crippen LogP contribution in [0.1, 0.15) is 29.4 Å². The summed E-state index contributed by atoms with van der Waals surface area (Å²) in [6, 6.07) is 24.1. The van der Waals surface area contributed by atoms with Crippen LogP contribution < -0.4 is 10.2 Å². The topological polar surface area (TPSA) is 49.6 Å². The van der Waals surface area contributed by atoms with E-state index < -0.39 is 0 Å². The molecule has 0 atom stereocenters. The Bertz CT molecular complexity index is 1130. The van der Waals surface area contributed by atoms with Crippen LogP contribution in [0.5, 0.6) is 0 Å². The van der Waals surface area contributed by atoms with E-state index in [0.29, 0.717) is 12.3 Å². The maximum absolute atomic E-state index is 12.8. The number of thioether (sulfide) groups is 1. The van der Waals surface area contributed by atoms with Crippen LogP contribution in [0.25, 0.3) is 5.65 Å². The van der Waals surface area contributed by atoms with Crippen molar-refractivity contribution >= 4 is 29.0 Å². The first-order chi connectivity index (χ1) is 15.7. The van der Waals surface area contributed by atoms with Crippen LogP contribution in [0.3, 0.4) is 0 Å². The second kappa shape index (κ2) is 10.9. The van der Waals surface area contributed by atoms with Gasteiger partial charge in [-0.25, -0.2) is 4.98 Å². The maximum Gasteiger partial charge on any atom is 0.252 e. The summed E-state index contributed by atoms with van der Waals surface area (Å²) in [6.07, 6.45) is 4.93. The molecule has 0 radical (unpaired) electrons. The summed E-state index contributed by atoms with van der Waals surface area (Å²) in [7, 11) is 0. The van der Waals surface area contributed by atoms with Gasteiger partial charge in [0.25, 0.3) is 5.91 Å². The molecular formula is C26H28N4OS. The molecule has 2 aromatic heterocycles.